The smallest absolute Gasteiger partial charge is 0.344 e. The van der Waals surface area contributed by atoms with Crippen molar-refractivity contribution in [2.75, 3.05) is 18.5 Å². The normalized spacial score (nSPS) is 17.8. The number of nitrogens with one attached hydrogen (secondary N) is 3. The number of benzene rings is 1. The van der Waals surface area contributed by atoms with Crippen molar-refractivity contribution in [3.63, 3.8) is 0 Å². The highest BCUT2D eigenvalue weighted by Crippen LogP contribution is 2.32. The molecule has 2 aliphatic rings. The highest BCUT2D eigenvalue weighted by molar-refractivity contribution is 6.08. The quantitative estimate of drug-likeness (QED) is 0.357. The number of hydrogen-bond acceptors (Lipinski definition) is 6. The molecule has 1 saturated heterocycles. The van der Waals surface area contributed by atoms with Crippen LogP contribution in [0.2, 0.25) is 0 Å². The highest BCUT2D eigenvalue weighted by atomic mass is 16.5. The summed E-state index contributed by atoms with van der Waals surface area (Å²) >= 11 is 0. The lowest BCUT2D eigenvalue weighted by Gasteiger charge is -2.30. The van der Waals surface area contributed by atoms with Gasteiger partial charge in [0.05, 0.1) is 13.2 Å². The Bertz CT molecular complexity index is 843. The van der Waals surface area contributed by atoms with Crippen LogP contribution in [0.4, 0.5) is 10.5 Å². The zero-order valence-corrected chi connectivity index (χ0v) is 16.9. The number of ether oxygens (including phenoxy) is 1. The van der Waals surface area contributed by atoms with Crippen molar-refractivity contribution in [3.05, 3.63) is 35.9 Å². The lowest BCUT2D eigenvalue weighted by atomic mass is 9.82. The Hall–Kier alpha value is -3.36. The van der Waals surface area contributed by atoms with Crippen LogP contribution in [-0.4, -0.2) is 47.5 Å². The van der Waals surface area contributed by atoms with Crippen molar-refractivity contribution in [3.8, 4) is 0 Å². The van der Waals surface area contributed by atoms with E-state index in [-0.39, 0.29) is 6.54 Å². The van der Waals surface area contributed by atoms with Crippen LogP contribution >= 0.6 is 0 Å². The fourth-order valence-corrected chi connectivity index (χ4v) is 3.63. The monoisotopic (exact) mass is 414 g/mol. The summed E-state index contributed by atoms with van der Waals surface area (Å²) in [7, 11) is 0. The van der Waals surface area contributed by atoms with Gasteiger partial charge >= 0.3 is 12.0 Å². The summed E-state index contributed by atoms with van der Waals surface area (Å²) in [6.45, 7) is 1.95. The zero-order valence-electron chi connectivity index (χ0n) is 16.9. The number of carbonyl (C=O) groups excluding carboxylic acids is 4. The van der Waals surface area contributed by atoms with Crippen LogP contribution in [0.1, 0.15) is 44.6 Å². The van der Waals surface area contributed by atoms with Crippen molar-refractivity contribution >= 4 is 35.6 Å². The molecule has 30 heavy (non-hydrogen) atoms. The van der Waals surface area contributed by atoms with Gasteiger partial charge in [0.2, 0.25) is 0 Å². The van der Waals surface area contributed by atoms with Crippen LogP contribution in [0.3, 0.4) is 0 Å². The maximum atomic E-state index is 12.7. The van der Waals surface area contributed by atoms with Gasteiger partial charge in [-0.25, -0.2) is 9.59 Å². The Kier molecular flexibility index (Phi) is 6.71. The van der Waals surface area contributed by atoms with E-state index in [2.05, 4.69) is 16.1 Å². The molecule has 1 heterocycles. The lowest BCUT2D eigenvalue weighted by molar-refractivity contribution is -0.139. The SMILES string of the molecule is CCOC(=O)/C=C/c1ccc(NCC(=O)NN2C(=O)NC3(CCCCC3)C2=O)cc1. The highest BCUT2D eigenvalue weighted by Gasteiger charge is 2.52. The van der Waals surface area contributed by atoms with Gasteiger partial charge in [-0.3, -0.25) is 15.0 Å². The van der Waals surface area contributed by atoms with E-state index in [4.69, 9.17) is 4.74 Å². The molecule has 3 rings (SSSR count). The number of esters is 1. The molecule has 1 aromatic carbocycles. The number of hydrazine groups is 1. The van der Waals surface area contributed by atoms with Crippen molar-refractivity contribution in [2.45, 2.75) is 44.6 Å². The van der Waals surface area contributed by atoms with Gasteiger partial charge in [-0.05, 0) is 43.5 Å². The number of carbonyl (C=O) groups is 4. The molecule has 4 amide bonds. The van der Waals surface area contributed by atoms with Gasteiger partial charge in [0, 0.05) is 11.8 Å². The van der Waals surface area contributed by atoms with Crippen LogP contribution in [0.15, 0.2) is 30.3 Å². The number of urea groups is 1. The van der Waals surface area contributed by atoms with E-state index in [0.717, 1.165) is 29.8 Å². The predicted octanol–water partition coefficient (Wildman–Crippen LogP) is 1.96. The minimum atomic E-state index is -0.872. The molecule has 0 aromatic heterocycles. The molecule has 1 aromatic rings. The van der Waals surface area contributed by atoms with Crippen LogP contribution in [0.5, 0.6) is 0 Å². The summed E-state index contributed by atoms with van der Waals surface area (Å²) in [5.74, 6) is -1.30. The second kappa shape index (κ2) is 9.43. The Balaban J connectivity index is 1.49. The second-order valence-electron chi connectivity index (χ2n) is 7.31. The topological polar surface area (TPSA) is 117 Å². The lowest BCUT2D eigenvalue weighted by Crippen LogP contribution is -2.51. The second-order valence-corrected chi connectivity index (χ2v) is 7.31. The van der Waals surface area contributed by atoms with Gasteiger partial charge in [0.1, 0.15) is 5.54 Å². The maximum absolute atomic E-state index is 12.7. The first kappa shape index (κ1) is 21.4. The molecule has 3 N–H and O–H groups in total. The third-order valence-corrected chi connectivity index (χ3v) is 5.17. The van der Waals surface area contributed by atoms with Gasteiger partial charge in [-0.15, -0.1) is 0 Å². The third kappa shape index (κ3) is 4.97. The molecule has 0 bridgehead atoms. The number of anilines is 1. The average molecular weight is 414 g/mol. The summed E-state index contributed by atoms with van der Waals surface area (Å²) in [5, 5.41) is 6.47. The minimum absolute atomic E-state index is 0.109. The molecule has 1 spiro atoms. The Morgan fingerprint density at radius 3 is 2.53 bits per heavy atom. The number of hydrogen-bond donors (Lipinski definition) is 3. The average Bonchev–Trinajstić information content (AvgIpc) is 2.96. The van der Waals surface area contributed by atoms with Crippen LogP contribution in [-0.2, 0) is 19.1 Å². The molecule has 0 unspecified atom stereocenters. The maximum Gasteiger partial charge on any atom is 0.344 e. The molecule has 0 radical (unpaired) electrons. The molecule has 1 aliphatic heterocycles. The van der Waals surface area contributed by atoms with E-state index >= 15 is 0 Å². The Morgan fingerprint density at radius 1 is 1.17 bits per heavy atom. The van der Waals surface area contributed by atoms with Crippen LogP contribution in [0, 0.1) is 0 Å². The van der Waals surface area contributed by atoms with Gasteiger partial charge < -0.3 is 15.4 Å². The number of nitrogens with zero attached hydrogens (tertiary/aromatic N) is 1. The first-order valence-corrected chi connectivity index (χ1v) is 10.1. The number of imide groups is 1. The molecular weight excluding hydrogens is 388 g/mol. The molecule has 2 fully saturated rings. The Morgan fingerprint density at radius 2 is 1.87 bits per heavy atom. The van der Waals surface area contributed by atoms with Crippen molar-refractivity contribution in [1.29, 1.82) is 0 Å². The number of rotatable bonds is 7. The standard InChI is InChI=1S/C21H26N4O5/c1-2-30-18(27)11-8-15-6-9-16(10-7-15)22-14-17(26)24-25-19(28)21(23-20(25)29)12-4-3-5-13-21/h6-11,22H,2-5,12-14H2,1H3,(H,23,29)(H,24,26)/b11-8+. The van der Waals surface area contributed by atoms with Gasteiger partial charge in [-0.2, -0.15) is 5.01 Å². The molecule has 1 aliphatic carbocycles. The van der Waals surface area contributed by atoms with Crippen LogP contribution in [0.25, 0.3) is 6.08 Å². The summed E-state index contributed by atoms with van der Waals surface area (Å²) in [5.41, 5.74) is 2.99. The van der Waals surface area contributed by atoms with Crippen molar-refractivity contribution in [1.82, 2.24) is 15.8 Å². The molecule has 160 valence electrons. The first-order valence-electron chi connectivity index (χ1n) is 10.1. The minimum Gasteiger partial charge on any atom is -0.463 e. The van der Waals surface area contributed by atoms with Crippen molar-refractivity contribution < 1.29 is 23.9 Å². The van der Waals surface area contributed by atoms with E-state index in [1.807, 2.05) is 0 Å². The summed E-state index contributed by atoms with van der Waals surface area (Å²) in [4.78, 5) is 48.4. The van der Waals surface area contributed by atoms with Crippen LogP contribution < -0.4 is 16.1 Å². The summed E-state index contributed by atoms with van der Waals surface area (Å²) in [6, 6.07) is 6.47. The summed E-state index contributed by atoms with van der Waals surface area (Å²) < 4.78 is 4.82. The summed E-state index contributed by atoms with van der Waals surface area (Å²) in [6.07, 6.45) is 6.96. The molecule has 1 saturated carbocycles. The van der Waals surface area contributed by atoms with E-state index in [1.165, 1.54) is 6.08 Å². The van der Waals surface area contributed by atoms with E-state index in [9.17, 15) is 19.2 Å². The van der Waals surface area contributed by atoms with Crippen molar-refractivity contribution in [2.24, 2.45) is 0 Å². The molecule has 9 nitrogen and oxygen atoms in total. The number of amides is 4. The Labute approximate surface area is 174 Å². The molecule has 0 atom stereocenters. The predicted molar refractivity (Wildman–Crippen MR) is 110 cm³/mol. The van der Waals surface area contributed by atoms with E-state index in [0.29, 0.717) is 25.1 Å². The fraction of sp³-hybridized carbons (Fsp3) is 0.429. The first-order chi connectivity index (χ1) is 14.4. The van der Waals surface area contributed by atoms with E-state index in [1.54, 1.807) is 37.3 Å². The van der Waals surface area contributed by atoms with Gasteiger partial charge in [-0.1, -0.05) is 31.4 Å². The van der Waals surface area contributed by atoms with Gasteiger partial charge in [0.25, 0.3) is 11.8 Å². The molecular formula is C21H26N4O5. The third-order valence-electron chi connectivity index (χ3n) is 5.17. The van der Waals surface area contributed by atoms with E-state index < -0.39 is 29.4 Å². The zero-order chi connectivity index (χ0) is 21.6. The fourth-order valence-electron chi connectivity index (χ4n) is 3.63. The molecule has 9 heteroatoms. The van der Waals surface area contributed by atoms with Gasteiger partial charge in [0.15, 0.2) is 0 Å². The largest absolute Gasteiger partial charge is 0.463 e.